The first-order valence-corrected chi connectivity index (χ1v) is 9.56. The molecule has 2 aromatic rings. The van der Waals surface area contributed by atoms with E-state index in [1.807, 2.05) is 32.4 Å². The standard InChI is InChI=1S/C20H25BFN3O3/c1-13(26)24-10-11-25-16(12-24)17(21-27-19(2,3)20(4,5)28-21)18(23-25)14-6-8-15(22)9-7-14/h6-9H,10-12H2,1-5H3. The third kappa shape index (κ3) is 3.04. The molecule has 6 nitrogen and oxygen atoms in total. The van der Waals surface area contributed by atoms with E-state index in [0.29, 0.717) is 25.3 Å². The SMILES string of the molecule is CC(=O)N1CCn2nc(-c3ccc(F)cc3)c(B3OC(C)(C)C(C)(C)O3)c2C1. The summed E-state index contributed by atoms with van der Waals surface area (Å²) in [5.74, 6) is -0.275. The van der Waals surface area contributed by atoms with Gasteiger partial charge in [0.05, 0.1) is 35.7 Å². The van der Waals surface area contributed by atoms with Gasteiger partial charge < -0.3 is 14.2 Å². The molecule has 2 aliphatic rings. The Bertz CT molecular complexity index is 908. The van der Waals surface area contributed by atoms with Crippen LogP contribution in [0.25, 0.3) is 11.3 Å². The van der Waals surface area contributed by atoms with Crippen LogP contribution in [-0.4, -0.2) is 45.5 Å². The van der Waals surface area contributed by atoms with E-state index in [4.69, 9.17) is 14.4 Å². The summed E-state index contributed by atoms with van der Waals surface area (Å²) in [7, 11) is -0.610. The van der Waals surface area contributed by atoms with Crippen LogP contribution in [-0.2, 0) is 27.2 Å². The molecular weight excluding hydrogens is 360 g/mol. The predicted octanol–water partition coefficient (Wildman–Crippen LogP) is 2.35. The van der Waals surface area contributed by atoms with E-state index < -0.39 is 18.3 Å². The van der Waals surface area contributed by atoms with Crippen LogP contribution in [0.2, 0.25) is 0 Å². The molecule has 1 aromatic carbocycles. The zero-order chi connectivity index (χ0) is 20.3. The minimum Gasteiger partial charge on any atom is -0.399 e. The molecular formula is C20H25BFN3O3. The Morgan fingerprint density at radius 2 is 1.71 bits per heavy atom. The highest BCUT2D eigenvalue weighted by Gasteiger charge is 2.54. The topological polar surface area (TPSA) is 56.6 Å². The van der Waals surface area contributed by atoms with Crippen molar-refractivity contribution in [3.05, 3.63) is 35.8 Å². The number of carbonyl (C=O) groups excluding carboxylic acids is 1. The van der Waals surface area contributed by atoms with Crippen molar-refractivity contribution in [1.29, 1.82) is 0 Å². The number of aromatic nitrogens is 2. The van der Waals surface area contributed by atoms with Gasteiger partial charge in [-0.25, -0.2) is 4.39 Å². The van der Waals surface area contributed by atoms with E-state index in [0.717, 1.165) is 16.7 Å². The lowest BCUT2D eigenvalue weighted by Gasteiger charge is -2.32. The average molecular weight is 385 g/mol. The Morgan fingerprint density at radius 1 is 1.11 bits per heavy atom. The highest BCUT2D eigenvalue weighted by atomic mass is 19.1. The fraction of sp³-hybridized carbons (Fsp3) is 0.500. The summed E-state index contributed by atoms with van der Waals surface area (Å²) >= 11 is 0. The summed E-state index contributed by atoms with van der Waals surface area (Å²) in [6.45, 7) is 11.2. The van der Waals surface area contributed by atoms with Gasteiger partial charge in [-0.2, -0.15) is 5.10 Å². The molecule has 1 amide bonds. The molecule has 3 heterocycles. The van der Waals surface area contributed by atoms with E-state index in [1.54, 1.807) is 24.0 Å². The molecule has 0 N–H and O–H groups in total. The summed E-state index contributed by atoms with van der Waals surface area (Å²) in [5, 5.41) is 4.78. The minimum absolute atomic E-state index is 0.0238. The third-order valence-corrected chi connectivity index (χ3v) is 6.07. The number of halogens is 1. The molecule has 1 aromatic heterocycles. The lowest BCUT2D eigenvalue weighted by Crippen LogP contribution is -2.43. The second-order valence-electron chi connectivity index (χ2n) is 8.47. The Morgan fingerprint density at radius 3 is 2.29 bits per heavy atom. The second-order valence-corrected chi connectivity index (χ2v) is 8.47. The Kier molecular flexibility index (Phi) is 4.39. The number of hydrogen-bond acceptors (Lipinski definition) is 4. The van der Waals surface area contributed by atoms with E-state index >= 15 is 0 Å². The normalized spacial score (nSPS) is 20.4. The Labute approximate surface area is 164 Å². The maximum Gasteiger partial charge on any atom is 0.499 e. The van der Waals surface area contributed by atoms with E-state index in [2.05, 4.69) is 0 Å². The van der Waals surface area contributed by atoms with Crippen molar-refractivity contribution in [2.24, 2.45) is 0 Å². The van der Waals surface area contributed by atoms with Crippen LogP contribution < -0.4 is 5.46 Å². The summed E-state index contributed by atoms with van der Waals surface area (Å²) in [5.41, 5.74) is 2.22. The first-order valence-electron chi connectivity index (χ1n) is 9.56. The van der Waals surface area contributed by atoms with Crippen molar-refractivity contribution in [3.63, 3.8) is 0 Å². The van der Waals surface area contributed by atoms with Gasteiger partial charge >= 0.3 is 7.12 Å². The van der Waals surface area contributed by atoms with E-state index in [1.165, 1.54) is 12.1 Å². The van der Waals surface area contributed by atoms with Gasteiger partial charge in [0.25, 0.3) is 0 Å². The van der Waals surface area contributed by atoms with Gasteiger partial charge in [0, 0.05) is 24.5 Å². The monoisotopic (exact) mass is 385 g/mol. The van der Waals surface area contributed by atoms with Crippen LogP contribution in [0, 0.1) is 5.82 Å². The van der Waals surface area contributed by atoms with Gasteiger partial charge in [0.1, 0.15) is 5.82 Å². The first kappa shape index (κ1) is 19.1. The van der Waals surface area contributed by atoms with Gasteiger partial charge in [-0.05, 0) is 52.0 Å². The van der Waals surface area contributed by atoms with Gasteiger partial charge in [0.15, 0.2) is 0 Å². The van der Waals surface area contributed by atoms with Crippen LogP contribution in [0.4, 0.5) is 4.39 Å². The van der Waals surface area contributed by atoms with Crippen LogP contribution in [0.5, 0.6) is 0 Å². The lowest BCUT2D eigenvalue weighted by atomic mass is 9.75. The summed E-state index contributed by atoms with van der Waals surface area (Å²) in [6, 6.07) is 6.26. The first-order chi connectivity index (χ1) is 13.1. The molecule has 4 rings (SSSR count). The minimum atomic E-state index is -0.610. The molecule has 28 heavy (non-hydrogen) atoms. The molecule has 0 spiro atoms. The van der Waals surface area contributed by atoms with Crippen molar-refractivity contribution < 1.29 is 18.5 Å². The molecule has 148 valence electrons. The molecule has 0 saturated carbocycles. The van der Waals surface area contributed by atoms with E-state index in [9.17, 15) is 9.18 Å². The van der Waals surface area contributed by atoms with Gasteiger partial charge in [-0.1, -0.05) is 0 Å². The maximum atomic E-state index is 13.5. The molecule has 1 fully saturated rings. The van der Waals surface area contributed by atoms with Crippen molar-refractivity contribution in [2.75, 3.05) is 6.54 Å². The summed E-state index contributed by atoms with van der Waals surface area (Å²) in [4.78, 5) is 13.7. The van der Waals surface area contributed by atoms with E-state index in [-0.39, 0.29) is 11.7 Å². The number of benzene rings is 1. The van der Waals surface area contributed by atoms with Crippen molar-refractivity contribution in [2.45, 2.75) is 58.9 Å². The quantitative estimate of drug-likeness (QED) is 0.745. The molecule has 2 aliphatic heterocycles. The van der Waals surface area contributed by atoms with Crippen LogP contribution >= 0.6 is 0 Å². The molecule has 1 saturated heterocycles. The second kappa shape index (κ2) is 6.42. The Balaban J connectivity index is 1.84. The zero-order valence-corrected chi connectivity index (χ0v) is 17.0. The predicted molar refractivity (Wildman–Crippen MR) is 104 cm³/mol. The number of carbonyl (C=O) groups is 1. The highest BCUT2D eigenvalue weighted by Crippen LogP contribution is 2.38. The number of rotatable bonds is 2. The number of amides is 1. The molecule has 0 atom stereocenters. The lowest BCUT2D eigenvalue weighted by molar-refractivity contribution is -0.130. The fourth-order valence-electron chi connectivity index (χ4n) is 3.64. The van der Waals surface area contributed by atoms with Gasteiger partial charge in [-0.15, -0.1) is 0 Å². The third-order valence-electron chi connectivity index (χ3n) is 6.07. The van der Waals surface area contributed by atoms with Crippen molar-refractivity contribution in [3.8, 4) is 11.3 Å². The van der Waals surface area contributed by atoms with Crippen molar-refractivity contribution >= 4 is 18.5 Å². The zero-order valence-electron chi connectivity index (χ0n) is 17.0. The maximum absolute atomic E-state index is 13.5. The van der Waals surface area contributed by atoms with Crippen LogP contribution in [0.3, 0.4) is 0 Å². The average Bonchev–Trinajstić information content (AvgIpc) is 3.09. The van der Waals surface area contributed by atoms with Crippen LogP contribution in [0.1, 0.15) is 40.3 Å². The molecule has 0 bridgehead atoms. The highest BCUT2D eigenvalue weighted by molar-refractivity contribution is 6.64. The number of fused-ring (bicyclic) bond motifs is 1. The van der Waals surface area contributed by atoms with Gasteiger partial charge in [0.2, 0.25) is 5.91 Å². The summed E-state index contributed by atoms with van der Waals surface area (Å²) in [6.07, 6.45) is 0. The van der Waals surface area contributed by atoms with Crippen molar-refractivity contribution in [1.82, 2.24) is 14.7 Å². The molecule has 0 radical (unpaired) electrons. The van der Waals surface area contributed by atoms with Crippen LogP contribution in [0.15, 0.2) is 24.3 Å². The molecule has 0 unspecified atom stereocenters. The number of nitrogens with zero attached hydrogens (tertiary/aromatic N) is 3. The summed E-state index contributed by atoms with van der Waals surface area (Å²) < 4.78 is 28.0. The smallest absolute Gasteiger partial charge is 0.399 e. The molecule has 0 aliphatic carbocycles. The van der Waals surface area contributed by atoms with Gasteiger partial charge in [-0.3, -0.25) is 9.48 Å². The fourth-order valence-corrected chi connectivity index (χ4v) is 3.64. The molecule has 8 heteroatoms. The number of hydrogen-bond donors (Lipinski definition) is 0. The Hall–Kier alpha value is -2.19. The largest absolute Gasteiger partial charge is 0.499 e.